The normalized spacial score (nSPS) is 13.3. The highest BCUT2D eigenvalue weighted by Crippen LogP contribution is 2.36. The summed E-state index contributed by atoms with van der Waals surface area (Å²) in [5.41, 5.74) is -0.613. The minimum atomic E-state index is -3.52. The zero-order valence-corrected chi connectivity index (χ0v) is 8.80. The molecule has 0 fully saturated rings. The van der Waals surface area contributed by atoms with E-state index in [1.165, 1.54) is 6.07 Å². The SMILES string of the molecule is N#Cc1cc(C(O)C(F)(F)Br)ccc1F. The number of rotatable bonds is 2. The van der Waals surface area contributed by atoms with Gasteiger partial charge in [-0.25, -0.2) is 4.39 Å². The molecule has 0 radical (unpaired) electrons. The van der Waals surface area contributed by atoms with Crippen molar-refractivity contribution in [3.05, 3.63) is 35.1 Å². The highest BCUT2D eigenvalue weighted by molar-refractivity contribution is 9.10. The van der Waals surface area contributed by atoms with Gasteiger partial charge >= 0.3 is 4.83 Å². The molecular weight excluding hydrogens is 275 g/mol. The molecule has 6 heteroatoms. The summed E-state index contributed by atoms with van der Waals surface area (Å²) < 4.78 is 38.1. The van der Waals surface area contributed by atoms with E-state index >= 15 is 0 Å². The minimum Gasteiger partial charge on any atom is -0.381 e. The van der Waals surface area contributed by atoms with Crippen LogP contribution in [0.3, 0.4) is 0 Å². The lowest BCUT2D eigenvalue weighted by Gasteiger charge is -2.16. The van der Waals surface area contributed by atoms with E-state index in [1.807, 2.05) is 15.9 Å². The van der Waals surface area contributed by atoms with Crippen LogP contribution < -0.4 is 0 Å². The molecule has 0 saturated heterocycles. The topological polar surface area (TPSA) is 44.0 Å². The van der Waals surface area contributed by atoms with E-state index in [4.69, 9.17) is 10.4 Å². The summed E-state index contributed by atoms with van der Waals surface area (Å²) in [4.78, 5) is -3.52. The third kappa shape index (κ3) is 2.70. The Labute approximate surface area is 92.1 Å². The Bertz CT molecular complexity index is 411. The highest BCUT2D eigenvalue weighted by atomic mass is 79.9. The Morgan fingerprint density at radius 2 is 2.07 bits per heavy atom. The van der Waals surface area contributed by atoms with E-state index < -0.39 is 16.8 Å². The molecule has 1 rings (SSSR count). The van der Waals surface area contributed by atoms with Crippen LogP contribution in [0.15, 0.2) is 18.2 Å². The molecule has 1 N–H and O–H groups in total. The average Bonchev–Trinajstić information content (AvgIpc) is 2.16. The van der Waals surface area contributed by atoms with Crippen LogP contribution in [0.5, 0.6) is 0 Å². The van der Waals surface area contributed by atoms with Gasteiger partial charge in [0.1, 0.15) is 11.9 Å². The van der Waals surface area contributed by atoms with Crippen molar-refractivity contribution in [1.82, 2.24) is 0 Å². The van der Waals surface area contributed by atoms with E-state index in [0.717, 1.165) is 18.2 Å². The molecule has 0 aliphatic rings. The van der Waals surface area contributed by atoms with E-state index in [2.05, 4.69) is 0 Å². The minimum absolute atomic E-state index is 0.227. The molecule has 0 heterocycles. The third-order valence-corrected chi connectivity index (χ3v) is 2.17. The second-order valence-corrected chi connectivity index (χ2v) is 3.85. The molecule has 0 amide bonds. The van der Waals surface area contributed by atoms with Gasteiger partial charge in [-0.3, -0.25) is 0 Å². The number of nitriles is 1. The second-order valence-electron chi connectivity index (χ2n) is 2.80. The van der Waals surface area contributed by atoms with Crippen molar-refractivity contribution < 1.29 is 18.3 Å². The quantitative estimate of drug-likeness (QED) is 0.846. The fourth-order valence-corrected chi connectivity index (χ4v) is 1.25. The predicted molar refractivity (Wildman–Crippen MR) is 49.9 cm³/mol. The fraction of sp³-hybridized carbons (Fsp3) is 0.222. The van der Waals surface area contributed by atoms with Gasteiger partial charge in [-0.05, 0) is 33.6 Å². The molecule has 15 heavy (non-hydrogen) atoms. The van der Waals surface area contributed by atoms with Crippen molar-refractivity contribution in [2.45, 2.75) is 10.9 Å². The molecule has 0 aliphatic carbocycles. The van der Waals surface area contributed by atoms with Crippen LogP contribution in [0, 0.1) is 17.1 Å². The zero-order valence-electron chi connectivity index (χ0n) is 7.22. The fourth-order valence-electron chi connectivity index (χ4n) is 0.988. The van der Waals surface area contributed by atoms with Gasteiger partial charge in [0.15, 0.2) is 6.10 Å². The third-order valence-electron chi connectivity index (χ3n) is 1.74. The number of halogens is 4. The Hall–Kier alpha value is -1.06. The van der Waals surface area contributed by atoms with E-state index in [1.54, 1.807) is 0 Å². The summed E-state index contributed by atoms with van der Waals surface area (Å²) in [5, 5.41) is 17.6. The van der Waals surface area contributed by atoms with E-state index in [9.17, 15) is 13.2 Å². The molecule has 0 spiro atoms. The lowest BCUT2D eigenvalue weighted by Crippen LogP contribution is -2.18. The van der Waals surface area contributed by atoms with Crippen molar-refractivity contribution in [3.8, 4) is 6.07 Å². The number of nitrogens with zero attached hydrogens (tertiary/aromatic N) is 1. The van der Waals surface area contributed by atoms with Gasteiger partial charge in [-0.15, -0.1) is 0 Å². The maximum Gasteiger partial charge on any atom is 0.330 e. The molecule has 0 aromatic heterocycles. The van der Waals surface area contributed by atoms with Crippen molar-refractivity contribution in [2.75, 3.05) is 0 Å². The Morgan fingerprint density at radius 1 is 1.47 bits per heavy atom. The van der Waals surface area contributed by atoms with Gasteiger partial charge in [0.05, 0.1) is 5.56 Å². The first kappa shape index (κ1) is 12.0. The molecular formula is C9H5BrF3NO. The van der Waals surface area contributed by atoms with Crippen LogP contribution in [0.2, 0.25) is 0 Å². The van der Waals surface area contributed by atoms with Crippen molar-refractivity contribution in [3.63, 3.8) is 0 Å². The van der Waals surface area contributed by atoms with Gasteiger partial charge in [-0.2, -0.15) is 14.0 Å². The number of aliphatic hydroxyl groups is 1. The predicted octanol–water partition coefficient (Wildman–Crippen LogP) is 2.72. The van der Waals surface area contributed by atoms with E-state index in [0.29, 0.717) is 0 Å². The van der Waals surface area contributed by atoms with Crippen molar-refractivity contribution >= 4 is 15.9 Å². The number of aliphatic hydroxyl groups excluding tert-OH is 1. The second kappa shape index (κ2) is 4.21. The summed E-state index contributed by atoms with van der Waals surface area (Å²) in [6.07, 6.45) is -2.12. The first-order valence-corrected chi connectivity index (χ1v) is 4.60. The number of hydrogen-bond donors (Lipinski definition) is 1. The number of alkyl halides is 3. The summed E-state index contributed by atoms with van der Waals surface area (Å²) in [6.45, 7) is 0. The number of hydrogen-bond acceptors (Lipinski definition) is 2. The van der Waals surface area contributed by atoms with Crippen LogP contribution in [0.25, 0.3) is 0 Å². The number of benzene rings is 1. The molecule has 0 bridgehead atoms. The van der Waals surface area contributed by atoms with Crippen molar-refractivity contribution in [1.29, 1.82) is 5.26 Å². The molecule has 1 aromatic carbocycles. The standard InChI is InChI=1S/C9H5BrF3NO/c10-9(12,13)8(15)5-1-2-7(11)6(3-5)4-14/h1-3,8,15H. The maximum absolute atomic E-state index is 12.8. The molecule has 80 valence electrons. The molecule has 2 nitrogen and oxygen atoms in total. The van der Waals surface area contributed by atoms with Gasteiger partial charge in [0, 0.05) is 0 Å². The molecule has 1 aromatic rings. The molecule has 0 aliphatic heterocycles. The van der Waals surface area contributed by atoms with Crippen LogP contribution in [0.1, 0.15) is 17.2 Å². The Balaban J connectivity index is 3.13. The zero-order chi connectivity index (χ0) is 11.6. The largest absolute Gasteiger partial charge is 0.381 e. The van der Waals surface area contributed by atoms with E-state index in [-0.39, 0.29) is 11.1 Å². The van der Waals surface area contributed by atoms with Gasteiger partial charge < -0.3 is 5.11 Å². The summed E-state index contributed by atoms with van der Waals surface area (Å²) in [7, 11) is 0. The van der Waals surface area contributed by atoms with Crippen molar-refractivity contribution in [2.24, 2.45) is 0 Å². The lowest BCUT2D eigenvalue weighted by atomic mass is 10.1. The van der Waals surface area contributed by atoms with Crippen LogP contribution in [-0.2, 0) is 0 Å². The molecule has 0 saturated carbocycles. The first-order valence-electron chi connectivity index (χ1n) is 3.80. The molecule has 1 unspecified atom stereocenters. The Morgan fingerprint density at radius 3 is 2.53 bits per heavy atom. The van der Waals surface area contributed by atoms with Gasteiger partial charge in [0.2, 0.25) is 0 Å². The summed E-state index contributed by atoms with van der Waals surface area (Å²) in [6, 6.07) is 4.23. The molecule has 1 atom stereocenters. The average molecular weight is 280 g/mol. The van der Waals surface area contributed by atoms with Crippen LogP contribution >= 0.6 is 15.9 Å². The summed E-state index contributed by atoms with van der Waals surface area (Å²) in [5.74, 6) is -0.814. The lowest BCUT2D eigenvalue weighted by molar-refractivity contribution is -0.0294. The monoisotopic (exact) mass is 279 g/mol. The van der Waals surface area contributed by atoms with Gasteiger partial charge in [0.25, 0.3) is 0 Å². The van der Waals surface area contributed by atoms with Gasteiger partial charge in [-0.1, -0.05) is 6.07 Å². The smallest absolute Gasteiger partial charge is 0.330 e. The highest BCUT2D eigenvalue weighted by Gasteiger charge is 2.36. The summed E-state index contributed by atoms with van der Waals surface area (Å²) >= 11 is 1.99. The Kier molecular flexibility index (Phi) is 3.37. The van der Waals surface area contributed by atoms with Crippen LogP contribution in [-0.4, -0.2) is 9.94 Å². The first-order chi connectivity index (χ1) is 6.86. The maximum atomic E-state index is 12.8. The van der Waals surface area contributed by atoms with Crippen LogP contribution in [0.4, 0.5) is 13.2 Å².